The van der Waals surface area contributed by atoms with Crippen molar-refractivity contribution in [3.63, 3.8) is 0 Å². The Bertz CT molecular complexity index is 186. The number of nitrogens with one attached hydrogen (secondary N) is 1. The summed E-state index contributed by atoms with van der Waals surface area (Å²) in [5.74, 6) is 0.650. The summed E-state index contributed by atoms with van der Waals surface area (Å²) < 4.78 is 11.5. The molecule has 2 rings (SSSR count). The van der Waals surface area contributed by atoms with Crippen LogP contribution in [0.5, 0.6) is 0 Å². The largest absolute Gasteiger partial charge is 0.381 e. The fraction of sp³-hybridized carbons (Fsp3) is 1.00. The average molecular weight is 213 g/mol. The van der Waals surface area contributed by atoms with E-state index in [1.807, 2.05) is 7.05 Å². The van der Waals surface area contributed by atoms with Crippen molar-refractivity contribution in [3.05, 3.63) is 0 Å². The molecule has 88 valence electrons. The maximum Gasteiger partial charge on any atom is 0.0694 e. The van der Waals surface area contributed by atoms with Crippen molar-refractivity contribution < 1.29 is 9.47 Å². The first-order chi connectivity index (χ1) is 7.35. The van der Waals surface area contributed by atoms with E-state index in [4.69, 9.17) is 9.47 Å². The summed E-state index contributed by atoms with van der Waals surface area (Å²) >= 11 is 0. The van der Waals surface area contributed by atoms with Gasteiger partial charge in [-0.2, -0.15) is 0 Å². The first-order valence-electron chi connectivity index (χ1n) is 6.21. The summed E-state index contributed by atoms with van der Waals surface area (Å²) in [6, 6.07) is 0. The molecular formula is C12H23NO2. The third-order valence-electron chi connectivity index (χ3n) is 3.74. The van der Waals surface area contributed by atoms with Crippen LogP contribution in [0.3, 0.4) is 0 Å². The zero-order valence-electron chi connectivity index (χ0n) is 9.76. The lowest BCUT2D eigenvalue weighted by Gasteiger charge is -2.42. The molecule has 1 unspecified atom stereocenters. The van der Waals surface area contributed by atoms with E-state index in [1.165, 1.54) is 25.7 Å². The van der Waals surface area contributed by atoms with Crippen molar-refractivity contribution in [1.82, 2.24) is 5.32 Å². The quantitative estimate of drug-likeness (QED) is 0.726. The maximum atomic E-state index is 6.13. The van der Waals surface area contributed by atoms with Crippen LogP contribution < -0.4 is 5.32 Å². The van der Waals surface area contributed by atoms with Gasteiger partial charge in [0.15, 0.2) is 0 Å². The van der Waals surface area contributed by atoms with Gasteiger partial charge in [-0.1, -0.05) is 0 Å². The van der Waals surface area contributed by atoms with Crippen LogP contribution in [-0.2, 0) is 9.47 Å². The van der Waals surface area contributed by atoms with E-state index in [0.717, 1.165) is 32.8 Å². The van der Waals surface area contributed by atoms with Gasteiger partial charge in [0.2, 0.25) is 0 Å². The monoisotopic (exact) mass is 213 g/mol. The van der Waals surface area contributed by atoms with Crippen molar-refractivity contribution in [3.8, 4) is 0 Å². The minimum atomic E-state index is 0.214. The van der Waals surface area contributed by atoms with Crippen LogP contribution in [0.2, 0.25) is 0 Å². The van der Waals surface area contributed by atoms with Gasteiger partial charge in [-0.3, -0.25) is 0 Å². The first-order valence-corrected chi connectivity index (χ1v) is 6.21. The van der Waals surface area contributed by atoms with Crippen LogP contribution >= 0.6 is 0 Å². The van der Waals surface area contributed by atoms with Gasteiger partial charge in [-0.15, -0.1) is 0 Å². The van der Waals surface area contributed by atoms with Gasteiger partial charge < -0.3 is 14.8 Å². The molecule has 0 spiro atoms. The molecule has 15 heavy (non-hydrogen) atoms. The summed E-state index contributed by atoms with van der Waals surface area (Å²) in [6.45, 7) is 3.81. The molecule has 2 aliphatic rings. The van der Waals surface area contributed by atoms with Crippen LogP contribution in [0, 0.1) is 5.92 Å². The lowest BCUT2D eigenvalue weighted by atomic mass is 9.77. The first kappa shape index (κ1) is 11.4. The molecule has 1 aliphatic heterocycles. The third-order valence-corrected chi connectivity index (χ3v) is 3.74. The Kier molecular flexibility index (Phi) is 4.00. The molecule has 1 atom stereocenters. The molecule has 0 amide bonds. The van der Waals surface area contributed by atoms with E-state index < -0.39 is 0 Å². The highest BCUT2D eigenvalue weighted by Gasteiger charge is 2.38. The molecule has 1 saturated carbocycles. The molecule has 1 N–H and O–H groups in total. The van der Waals surface area contributed by atoms with E-state index >= 15 is 0 Å². The molecule has 3 nitrogen and oxygen atoms in total. The van der Waals surface area contributed by atoms with Gasteiger partial charge in [0, 0.05) is 12.5 Å². The lowest BCUT2D eigenvalue weighted by molar-refractivity contribution is -0.115. The molecule has 0 aromatic rings. The van der Waals surface area contributed by atoms with E-state index in [0.29, 0.717) is 5.92 Å². The molecule has 1 heterocycles. The molecule has 0 radical (unpaired) electrons. The van der Waals surface area contributed by atoms with E-state index in [2.05, 4.69) is 5.32 Å². The summed E-state index contributed by atoms with van der Waals surface area (Å²) in [7, 11) is 2.01. The second-order valence-electron chi connectivity index (χ2n) is 4.93. The predicted octanol–water partition coefficient (Wildman–Crippen LogP) is 1.57. The Balaban J connectivity index is 1.69. The molecule has 0 bridgehead atoms. The fourth-order valence-corrected chi connectivity index (χ4v) is 2.40. The second-order valence-corrected chi connectivity index (χ2v) is 4.93. The van der Waals surface area contributed by atoms with Crippen LogP contribution in [0.1, 0.15) is 32.1 Å². The van der Waals surface area contributed by atoms with Crippen LogP contribution in [0.25, 0.3) is 0 Å². The van der Waals surface area contributed by atoms with Gasteiger partial charge in [0.1, 0.15) is 0 Å². The van der Waals surface area contributed by atoms with Crippen molar-refractivity contribution >= 4 is 0 Å². The standard InChI is InChI=1S/C12H23NO2/c1-13-7-6-12(4-2-5-12)15-10-11-3-8-14-9-11/h11,13H,2-10H2,1H3. The topological polar surface area (TPSA) is 30.5 Å². The predicted molar refractivity (Wildman–Crippen MR) is 60.0 cm³/mol. The van der Waals surface area contributed by atoms with Crippen molar-refractivity contribution in [2.24, 2.45) is 5.92 Å². The van der Waals surface area contributed by atoms with Gasteiger partial charge in [-0.25, -0.2) is 0 Å². The smallest absolute Gasteiger partial charge is 0.0694 e. The molecule has 3 heteroatoms. The number of ether oxygens (including phenoxy) is 2. The highest BCUT2D eigenvalue weighted by atomic mass is 16.5. The van der Waals surface area contributed by atoms with Gasteiger partial charge in [0.05, 0.1) is 18.8 Å². The minimum absolute atomic E-state index is 0.214. The van der Waals surface area contributed by atoms with Gasteiger partial charge >= 0.3 is 0 Å². The fourth-order valence-electron chi connectivity index (χ4n) is 2.40. The van der Waals surface area contributed by atoms with E-state index in [1.54, 1.807) is 0 Å². The zero-order chi connectivity index (χ0) is 10.6. The second kappa shape index (κ2) is 5.28. The molecule has 2 fully saturated rings. The highest BCUT2D eigenvalue weighted by molar-refractivity contribution is 4.90. The Labute approximate surface area is 92.5 Å². The normalized spacial score (nSPS) is 29.0. The van der Waals surface area contributed by atoms with Gasteiger partial charge in [0.25, 0.3) is 0 Å². The van der Waals surface area contributed by atoms with Crippen LogP contribution in [0.15, 0.2) is 0 Å². The van der Waals surface area contributed by atoms with Crippen LogP contribution in [0.4, 0.5) is 0 Å². The third kappa shape index (κ3) is 2.92. The van der Waals surface area contributed by atoms with Gasteiger partial charge in [-0.05, 0) is 45.7 Å². The number of rotatable bonds is 6. The molecule has 1 saturated heterocycles. The van der Waals surface area contributed by atoms with E-state index in [9.17, 15) is 0 Å². The molecule has 0 aromatic carbocycles. The average Bonchev–Trinajstić information content (AvgIpc) is 2.68. The molecule has 0 aromatic heterocycles. The van der Waals surface area contributed by atoms with Crippen molar-refractivity contribution in [2.45, 2.75) is 37.7 Å². The van der Waals surface area contributed by atoms with E-state index in [-0.39, 0.29) is 5.60 Å². The molecule has 1 aliphatic carbocycles. The Hall–Kier alpha value is -0.120. The van der Waals surface area contributed by atoms with Crippen LogP contribution in [-0.4, -0.2) is 39.0 Å². The summed E-state index contributed by atoms with van der Waals surface area (Å²) in [6.07, 6.45) is 6.19. The summed E-state index contributed by atoms with van der Waals surface area (Å²) in [4.78, 5) is 0. The Morgan fingerprint density at radius 2 is 2.33 bits per heavy atom. The molecular weight excluding hydrogens is 190 g/mol. The van der Waals surface area contributed by atoms with Crippen molar-refractivity contribution in [2.75, 3.05) is 33.4 Å². The summed E-state index contributed by atoms with van der Waals surface area (Å²) in [5, 5.41) is 3.21. The Morgan fingerprint density at radius 3 is 2.87 bits per heavy atom. The highest BCUT2D eigenvalue weighted by Crippen LogP contribution is 2.39. The summed E-state index contributed by atoms with van der Waals surface area (Å²) in [5.41, 5.74) is 0.214. The lowest BCUT2D eigenvalue weighted by Crippen LogP contribution is -2.43. The SMILES string of the molecule is CNCCC1(OCC2CCOC2)CCC1. The minimum Gasteiger partial charge on any atom is -0.381 e. The zero-order valence-corrected chi connectivity index (χ0v) is 9.76. The maximum absolute atomic E-state index is 6.13. The number of hydrogen-bond donors (Lipinski definition) is 1. The number of hydrogen-bond acceptors (Lipinski definition) is 3. The van der Waals surface area contributed by atoms with Crippen molar-refractivity contribution in [1.29, 1.82) is 0 Å². The Morgan fingerprint density at radius 1 is 1.47 bits per heavy atom.